The Morgan fingerprint density at radius 3 is 2.23 bits per heavy atom. The number of esters is 2. The number of aromatic nitrogens is 7. The highest BCUT2D eigenvalue weighted by Crippen LogP contribution is 2.48. The number of primary amides is 1. The van der Waals surface area contributed by atoms with Crippen LogP contribution in [0.3, 0.4) is 0 Å². The van der Waals surface area contributed by atoms with Gasteiger partial charge in [0.05, 0.1) is 48.8 Å². The molecule has 11 unspecified atom stereocenters. The minimum atomic E-state index is -4.53. The highest BCUT2D eigenvalue weighted by Gasteiger charge is 2.50. The summed E-state index contributed by atoms with van der Waals surface area (Å²) in [4.78, 5) is 155. The number of carbonyl (C=O) groups excluding carboxylic acids is 8. The zero-order valence-corrected chi connectivity index (χ0v) is 59.9. The molecule has 1 saturated heterocycles. The topological polar surface area (TPSA) is 471 Å². The van der Waals surface area contributed by atoms with Crippen LogP contribution in [-0.4, -0.2) is 190 Å². The maximum absolute atomic E-state index is 15.2. The first-order chi connectivity index (χ1) is 48.4. The number of hydrogen-bond donors (Lipinski definition) is 10. The van der Waals surface area contributed by atoms with E-state index in [9.17, 15) is 44.1 Å². The van der Waals surface area contributed by atoms with E-state index >= 15 is 19.2 Å². The van der Waals surface area contributed by atoms with Crippen LogP contribution < -0.4 is 36.8 Å². The van der Waals surface area contributed by atoms with E-state index < -0.39 is 152 Å². The van der Waals surface area contributed by atoms with Crippen LogP contribution in [0.1, 0.15) is 125 Å². The van der Waals surface area contributed by atoms with E-state index in [1.54, 1.807) is 45.0 Å². The van der Waals surface area contributed by atoms with Crippen LogP contribution in [-0.2, 0) is 60.6 Å². The minimum absolute atomic E-state index is 0.0125. The number of benzene rings is 1. The highest BCUT2D eigenvalue weighted by molar-refractivity contribution is 7.52. The molecule has 11 atom stereocenters. The number of aliphatic hydroxyl groups excluding tert-OH is 1. The lowest BCUT2D eigenvalue weighted by molar-refractivity contribution is -0.280. The van der Waals surface area contributed by atoms with Gasteiger partial charge in [0, 0.05) is 56.5 Å². The molecule has 40 heteroatoms. The van der Waals surface area contributed by atoms with Crippen molar-refractivity contribution < 1.29 is 96.2 Å². The number of nitrogens with zero attached hydrogens (tertiary/aromatic N) is 8. The third-order valence-corrected chi connectivity index (χ3v) is 21.6. The lowest BCUT2D eigenvalue weighted by Gasteiger charge is -2.48. The molecule has 7 aromatic heterocycles. The average molecular weight is 1520 g/mol. The van der Waals surface area contributed by atoms with Crippen LogP contribution in [0.2, 0.25) is 0 Å². The fourth-order valence-corrected chi connectivity index (χ4v) is 16.7. The first kappa shape index (κ1) is 72.4. The number of rotatable bonds is 11. The van der Waals surface area contributed by atoms with E-state index in [2.05, 4.69) is 48.1 Å². The van der Waals surface area contributed by atoms with Gasteiger partial charge in [0.15, 0.2) is 23.8 Å². The highest BCUT2D eigenvalue weighted by atomic mass is 32.1. The van der Waals surface area contributed by atoms with E-state index in [1.807, 2.05) is 0 Å². The van der Waals surface area contributed by atoms with Crippen molar-refractivity contribution in [2.24, 2.45) is 5.73 Å². The maximum Gasteiger partial charge on any atom is 0.373 e. The minimum Gasteiger partial charge on any atom is -0.499 e. The molecule has 4 aliphatic rings. The van der Waals surface area contributed by atoms with Gasteiger partial charge in [-0.1, -0.05) is 18.7 Å². The molecule has 11 N–H and O–H groups in total. The van der Waals surface area contributed by atoms with Crippen molar-refractivity contribution >= 4 is 128 Å². The summed E-state index contributed by atoms with van der Waals surface area (Å²) in [5.41, 5.74) is 1.37. The molecule has 12 bridgehead atoms. The molecule has 34 nitrogen and oxygen atoms in total. The second kappa shape index (κ2) is 28.8. The summed E-state index contributed by atoms with van der Waals surface area (Å²) in [5.74, 6) is -8.48. The summed E-state index contributed by atoms with van der Waals surface area (Å²) in [5, 5.41) is 55.2. The van der Waals surface area contributed by atoms with Crippen molar-refractivity contribution in [2.75, 3.05) is 34.5 Å². The number of thiazole rings is 5. The fraction of sp³-hybridized carbons (Fsp3) is 0.355. The number of amides is 6. The van der Waals surface area contributed by atoms with Crippen LogP contribution in [0, 0.1) is 0 Å². The third-order valence-electron chi connectivity index (χ3n) is 16.6. The Hall–Kier alpha value is -9.35. The molecule has 536 valence electrons. The van der Waals surface area contributed by atoms with Gasteiger partial charge in [-0.3, -0.25) is 28.8 Å². The summed E-state index contributed by atoms with van der Waals surface area (Å²) in [6.07, 6.45) is -7.69. The van der Waals surface area contributed by atoms with Gasteiger partial charge in [0.1, 0.15) is 114 Å². The zero-order chi connectivity index (χ0) is 73.1. The first-order valence-electron chi connectivity index (χ1n) is 30.7. The van der Waals surface area contributed by atoms with E-state index in [0.717, 1.165) is 63.3 Å². The van der Waals surface area contributed by atoms with Gasteiger partial charge < -0.3 is 90.5 Å². The molecular formula is C62H63N14O20PS5. The molecule has 1 fully saturated rings. The predicted molar refractivity (Wildman–Crippen MR) is 365 cm³/mol. The van der Waals surface area contributed by atoms with Crippen molar-refractivity contribution in [1.82, 2.24) is 66.1 Å². The molecular weight excluding hydrogens is 1450 g/mol. The van der Waals surface area contributed by atoms with Crippen molar-refractivity contribution in [2.45, 2.75) is 108 Å². The van der Waals surface area contributed by atoms with Gasteiger partial charge in [-0.15, -0.1) is 56.7 Å². The Labute approximate surface area is 597 Å². The average Bonchev–Trinajstić information content (AvgIpc) is 1.34. The molecule has 6 amide bonds. The number of methoxy groups -OCH3 is 1. The monoisotopic (exact) mass is 1510 g/mol. The number of pyridine rings is 1. The lowest BCUT2D eigenvalue weighted by atomic mass is 9.85. The predicted octanol–water partition coefficient (Wildman–Crippen LogP) is 4.38. The van der Waals surface area contributed by atoms with Gasteiger partial charge in [-0.25, -0.2) is 44.1 Å². The van der Waals surface area contributed by atoms with Crippen molar-refractivity contribution in [3.63, 3.8) is 0 Å². The number of nitrogens with two attached hydrogens (primary N) is 1. The maximum atomic E-state index is 15.2. The number of ether oxygens (including phenoxy) is 6. The Morgan fingerprint density at radius 2 is 1.53 bits per heavy atom. The van der Waals surface area contributed by atoms with Gasteiger partial charge in [-0.05, 0) is 59.5 Å². The van der Waals surface area contributed by atoms with E-state index in [1.165, 1.54) is 60.0 Å². The number of cyclic esters (lactones) is 2. The van der Waals surface area contributed by atoms with Gasteiger partial charge in [0.25, 0.3) is 29.5 Å². The van der Waals surface area contributed by atoms with E-state index in [-0.39, 0.29) is 110 Å². The van der Waals surface area contributed by atoms with Crippen molar-refractivity contribution in [3.8, 4) is 38.4 Å². The molecule has 11 heterocycles. The van der Waals surface area contributed by atoms with Gasteiger partial charge >= 0.3 is 19.5 Å². The fourth-order valence-electron chi connectivity index (χ4n) is 12.0. The Balaban J connectivity index is 1.06. The number of nitrogens with one attached hydrogen (secondary N) is 5. The van der Waals surface area contributed by atoms with Crippen LogP contribution in [0.15, 0.2) is 69.2 Å². The summed E-state index contributed by atoms with van der Waals surface area (Å²) in [7, 11) is 0.273. The standard InChI is InChI=1S/C62H63N14O20PS5/c1-23(49(63)78)64-50(79)32-20-101-58(69-32)43-37(96-97(9,88)89)13-28-42(71-43)31-18-99-56(66-31)30-17-93-60(84)45-29-16-91-46(47(95-38-14-62(5,86)48(75(6)7)26(4)94-38)61(85)92-15-27-11-10-12-36(39(27)29)76(45)87)44(59-70-33(21-102-59)51(80)65-30)74-53(82)35-22-100-57(68-35)41(25(3)90-8)73-54(83)40(24(2)77)72-52(81)34-19-98-55(28)67-34/h10-13,18-22,24,26,30,38,40,44,46-48,77,86-87H,1,14-17H2,2-9H3,(H2,63,78)(H,64,79)(H,65,80)(H,72,81)(H,73,83)(H,74,82)(H,88,89)/b41-25-. The number of fused-ring (bicyclic) bond motifs is 15. The number of carbonyl (C=O) groups is 8. The van der Waals surface area contributed by atoms with E-state index in [4.69, 9.17) is 53.6 Å². The summed E-state index contributed by atoms with van der Waals surface area (Å²) in [6, 6.07) is 0.442. The summed E-state index contributed by atoms with van der Waals surface area (Å²) < 4.78 is 57.2. The SMILES string of the molecule is C=C(NC(=O)c1csc(-c2nc3c(cc2OP(C)(=O)O)-c2nc(cs2)C(=O)NC(C(C)O)C(=O)N/C(=C(/C)OC)c2nc(cs2)C(=O)NC2c4nc(cs4)C(=O)NC(COC(=O)c4c5c6c(cccc6n4O)COC(=O)C(OC4CC(C)(O)C(N(C)C)C(C)O4)C2OC5)c2nc-3cs2)n1)C(N)=O. The third kappa shape index (κ3) is 14.7. The Bertz CT molecular complexity index is 4820. The summed E-state index contributed by atoms with van der Waals surface area (Å²) >= 11 is 4.25. The first-order valence-corrected chi connectivity index (χ1v) is 37.1. The number of hydrogen-bond acceptors (Lipinski definition) is 31. The number of likely N-dealkylation sites (N-methyl/N-ethyl adjacent to an activating group) is 1. The van der Waals surface area contributed by atoms with Crippen LogP contribution >= 0.6 is 64.3 Å². The Kier molecular flexibility index (Phi) is 20.5. The molecule has 0 radical (unpaired) electrons. The molecule has 1 aromatic carbocycles. The molecule has 4 aliphatic heterocycles. The largest absolute Gasteiger partial charge is 0.499 e. The molecule has 0 aliphatic carbocycles. The molecule has 12 rings (SSSR count). The molecule has 0 saturated carbocycles. The molecule has 102 heavy (non-hydrogen) atoms. The van der Waals surface area contributed by atoms with Gasteiger partial charge in [0.2, 0.25) is 5.91 Å². The quantitative estimate of drug-likeness (QED) is 0.0282. The number of allylic oxidation sites excluding steroid dienone is 1. The van der Waals surface area contributed by atoms with Crippen LogP contribution in [0.25, 0.3) is 49.3 Å². The normalized spacial score (nSPS) is 24.2. The second-order valence-corrected chi connectivity index (χ2v) is 30.3. The summed E-state index contributed by atoms with van der Waals surface area (Å²) in [6.45, 7) is 8.43. The Morgan fingerprint density at radius 1 is 0.873 bits per heavy atom. The van der Waals surface area contributed by atoms with Crippen LogP contribution in [0.4, 0.5) is 0 Å². The molecule has 0 spiro atoms. The molecule has 8 aromatic rings. The second-order valence-electron chi connectivity index (χ2n) is 24.2. The van der Waals surface area contributed by atoms with Crippen molar-refractivity contribution in [3.05, 3.63) is 124 Å². The van der Waals surface area contributed by atoms with Gasteiger partial charge in [-0.2, -0.15) is 4.73 Å². The van der Waals surface area contributed by atoms with Crippen molar-refractivity contribution in [1.29, 1.82) is 0 Å². The smallest absolute Gasteiger partial charge is 0.373 e. The van der Waals surface area contributed by atoms with E-state index in [0.29, 0.717) is 4.73 Å². The number of aliphatic hydroxyl groups is 2. The zero-order valence-electron chi connectivity index (χ0n) is 54.9. The van der Waals surface area contributed by atoms with Crippen LogP contribution in [0.5, 0.6) is 5.75 Å². The lowest BCUT2D eigenvalue weighted by Crippen LogP contribution is -2.62.